The zero-order chi connectivity index (χ0) is 24.5. The molecule has 0 saturated carbocycles. The Labute approximate surface area is 196 Å². The number of carbonyl (C=O) groups excluding carboxylic acids is 2. The van der Waals surface area contributed by atoms with Gasteiger partial charge in [-0.3, -0.25) is 14.3 Å². The number of hydrogen-bond acceptors (Lipinski definition) is 7. The smallest absolute Gasteiger partial charge is 0.308 e. The van der Waals surface area contributed by atoms with Crippen LogP contribution in [0.25, 0.3) is 0 Å². The van der Waals surface area contributed by atoms with Crippen molar-refractivity contribution in [3.63, 3.8) is 0 Å². The van der Waals surface area contributed by atoms with E-state index in [-0.39, 0.29) is 54.1 Å². The van der Waals surface area contributed by atoms with Crippen molar-refractivity contribution in [2.45, 2.75) is 42.4 Å². The summed E-state index contributed by atoms with van der Waals surface area (Å²) in [5, 5.41) is 0. The summed E-state index contributed by atoms with van der Waals surface area (Å²) >= 11 is 0. The molecule has 2 aromatic rings. The molecule has 1 N–H and O–H groups in total. The van der Waals surface area contributed by atoms with Gasteiger partial charge >= 0.3 is 5.97 Å². The van der Waals surface area contributed by atoms with Crippen LogP contribution in [0.1, 0.15) is 29.6 Å². The first-order chi connectivity index (χ1) is 16.2. The Kier molecular flexibility index (Phi) is 6.76. The van der Waals surface area contributed by atoms with E-state index >= 15 is 0 Å². The topological polar surface area (TPSA) is 111 Å². The molecule has 1 saturated heterocycles. The van der Waals surface area contributed by atoms with Crippen molar-refractivity contribution in [1.82, 2.24) is 4.90 Å². The maximum Gasteiger partial charge on any atom is 0.308 e. The second-order valence-electron chi connectivity index (χ2n) is 8.20. The Morgan fingerprint density at radius 2 is 2.00 bits per heavy atom. The number of nitrogens with zero attached hydrogens (tertiary/aromatic N) is 1. The molecule has 0 radical (unpaired) electrons. The third-order valence-electron chi connectivity index (χ3n) is 6.01. The number of rotatable bonds is 5. The maximum atomic E-state index is 14.0. The van der Waals surface area contributed by atoms with E-state index in [0.29, 0.717) is 12.8 Å². The van der Waals surface area contributed by atoms with Gasteiger partial charge in [0.1, 0.15) is 29.2 Å². The quantitative estimate of drug-likeness (QED) is 0.639. The van der Waals surface area contributed by atoms with Crippen molar-refractivity contribution in [2.75, 3.05) is 25.5 Å². The standard InChI is InChI=1S/C23H25FN2O7S/c1-26-18-9-8-15(12-22(27)31-2)33-20(18)13-32-19-10-7-14(11-16(19)23(26)28)25-34(29,30)21-6-4-3-5-17(21)24/h3-7,10-11,15,18,20,25H,8-9,12-13H2,1-2H3/t15-,18-,20-/m0/s1. The molecular weight excluding hydrogens is 467 g/mol. The van der Waals surface area contributed by atoms with E-state index in [1.54, 1.807) is 11.9 Å². The zero-order valence-electron chi connectivity index (χ0n) is 18.7. The lowest BCUT2D eigenvalue weighted by atomic mass is 9.94. The molecule has 0 unspecified atom stereocenters. The number of halogens is 1. The van der Waals surface area contributed by atoms with Crippen LogP contribution in [-0.4, -0.2) is 64.2 Å². The van der Waals surface area contributed by atoms with Crippen molar-refractivity contribution >= 4 is 27.6 Å². The number of likely N-dealkylation sites (N-methyl/N-ethyl adjacent to an activating group) is 1. The van der Waals surface area contributed by atoms with E-state index in [1.807, 2.05) is 0 Å². The average Bonchev–Trinajstić information content (AvgIpc) is 2.81. The van der Waals surface area contributed by atoms with Gasteiger partial charge in [-0.2, -0.15) is 0 Å². The Bertz CT molecular complexity index is 1200. The van der Waals surface area contributed by atoms with Crippen LogP contribution in [-0.2, 0) is 24.3 Å². The molecule has 9 nitrogen and oxygen atoms in total. The van der Waals surface area contributed by atoms with E-state index in [2.05, 4.69) is 4.72 Å². The van der Waals surface area contributed by atoms with E-state index < -0.39 is 26.8 Å². The van der Waals surface area contributed by atoms with E-state index in [4.69, 9.17) is 14.2 Å². The third kappa shape index (κ3) is 4.85. The first-order valence-electron chi connectivity index (χ1n) is 10.7. The van der Waals surface area contributed by atoms with Crippen LogP contribution >= 0.6 is 0 Å². The average molecular weight is 493 g/mol. The number of sulfonamides is 1. The van der Waals surface area contributed by atoms with Gasteiger partial charge in [-0.05, 0) is 43.2 Å². The van der Waals surface area contributed by atoms with E-state index in [0.717, 1.165) is 12.1 Å². The van der Waals surface area contributed by atoms with Crippen LogP contribution in [0.4, 0.5) is 10.1 Å². The fourth-order valence-corrected chi connectivity index (χ4v) is 5.36. The number of hydrogen-bond donors (Lipinski definition) is 1. The molecule has 182 valence electrons. The molecule has 0 bridgehead atoms. The second kappa shape index (κ2) is 9.59. The van der Waals surface area contributed by atoms with Crippen molar-refractivity contribution in [3.8, 4) is 5.75 Å². The number of ether oxygens (including phenoxy) is 3. The van der Waals surface area contributed by atoms with Gasteiger partial charge in [0.2, 0.25) is 0 Å². The van der Waals surface area contributed by atoms with Crippen LogP contribution in [0, 0.1) is 5.82 Å². The highest BCUT2D eigenvalue weighted by molar-refractivity contribution is 7.92. The molecular formula is C23H25FN2O7S. The molecule has 2 aliphatic heterocycles. The Morgan fingerprint density at radius 1 is 1.24 bits per heavy atom. The molecule has 0 aromatic heterocycles. The number of fused-ring (bicyclic) bond motifs is 2. The monoisotopic (exact) mass is 492 g/mol. The van der Waals surface area contributed by atoms with Crippen molar-refractivity contribution in [2.24, 2.45) is 0 Å². The number of esters is 1. The molecule has 3 atom stereocenters. The summed E-state index contributed by atoms with van der Waals surface area (Å²) in [6, 6.07) is 9.03. The molecule has 11 heteroatoms. The largest absolute Gasteiger partial charge is 0.490 e. The first-order valence-corrected chi connectivity index (χ1v) is 12.2. The van der Waals surface area contributed by atoms with Crippen LogP contribution in [0.3, 0.4) is 0 Å². The van der Waals surface area contributed by atoms with Crippen molar-refractivity contribution in [3.05, 3.63) is 53.8 Å². The first kappa shape index (κ1) is 24.0. The van der Waals surface area contributed by atoms with Crippen LogP contribution in [0.15, 0.2) is 47.4 Å². The van der Waals surface area contributed by atoms with Gasteiger partial charge < -0.3 is 19.1 Å². The van der Waals surface area contributed by atoms with Gasteiger partial charge in [0.25, 0.3) is 15.9 Å². The van der Waals surface area contributed by atoms with Gasteiger partial charge in [-0.1, -0.05) is 12.1 Å². The number of methoxy groups -OCH3 is 1. The fourth-order valence-electron chi connectivity index (χ4n) is 4.23. The summed E-state index contributed by atoms with van der Waals surface area (Å²) in [7, 11) is -1.24. The molecule has 2 heterocycles. The minimum Gasteiger partial charge on any atom is -0.490 e. The lowest BCUT2D eigenvalue weighted by Crippen LogP contribution is -2.53. The Hall–Kier alpha value is -3.18. The molecule has 0 aliphatic carbocycles. The van der Waals surface area contributed by atoms with Gasteiger partial charge in [0, 0.05) is 12.7 Å². The number of amides is 1. The summed E-state index contributed by atoms with van der Waals surface area (Å²) in [5.74, 6) is -1.35. The predicted octanol–water partition coefficient (Wildman–Crippen LogP) is 2.57. The van der Waals surface area contributed by atoms with E-state index in [9.17, 15) is 22.4 Å². The Balaban J connectivity index is 1.56. The minimum atomic E-state index is -4.20. The normalized spacial score (nSPS) is 22.5. The van der Waals surface area contributed by atoms with Crippen molar-refractivity contribution in [1.29, 1.82) is 0 Å². The van der Waals surface area contributed by atoms with Gasteiger partial charge in [0.15, 0.2) is 0 Å². The van der Waals surface area contributed by atoms with Crippen molar-refractivity contribution < 1.29 is 36.6 Å². The van der Waals surface area contributed by atoms with Gasteiger partial charge in [-0.25, -0.2) is 12.8 Å². The number of benzene rings is 2. The lowest BCUT2D eigenvalue weighted by molar-refractivity contribution is -0.151. The van der Waals surface area contributed by atoms with E-state index in [1.165, 1.54) is 37.4 Å². The predicted molar refractivity (Wildman–Crippen MR) is 120 cm³/mol. The van der Waals surface area contributed by atoms with Gasteiger partial charge in [-0.15, -0.1) is 0 Å². The second-order valence-corrected chi connectivity index (χ2v) is 9.85. The highest BCUT2D eigenvalue weighted by Gasteiger charge is 2.39. The van der Waals surface area contributed by atoms with Crippen LogP contribution in [0.2, 0.25) is 0 Å². The minimum absolute atomic E-state index is 0.0995. The summed E-state index contributed by atoms with van der Waals surface area (Å²) in [5.41, 5.74) is 0.272. The maximum absolute atomic E-state index is 14.0. The summed E-state index contributed by atoms with van der Waals surface area (Å²) in [6.07, 6.45) is 0.537. The molecule has 4 rings (SSSR count). The zero-order valence-corrected chi connectivity index (χ0v) is 19.5. The molecule has 0 spiro atoms. The lowest BCUT2D eigenvalue weighted by Gasteiger charge is -2.42. The number of nitrogens with one attached hydrogen (secondary N) is 1. The molecule has 1 fully saturated rings. The number of anilines is 1. The van der Waals surface area contributed by atoms with Gasteiger partial charge in [0.05, 0.1) is 31.2 Å². The summed E-state index contributed by atoms with van der Waals surface area (Å²) < 4.78 is 58.2. The SMILES string of the molecule is COC(=O)C[C@@H]1CC[C@H]2[C@H](COc3ccc(NS(=O)(=O)c4ccccc4F)cc3C(=O)N2C)O1. The Morgan fingerprint density at radius 3 is 2.74 bits per heavy atom. The summed E-state index contributed by atoms with van der Waals surface area (Å²) in [6.45, 7) is 0.146. The fraction of sp³-hybridized carbons (Fsp3) is 0.391. The molecule has 1 amide bonds. The third-order valence-corrected chi connectivity index (χ3v) is 7.43. The molecule has 2 aliphatic rings. The van der Waals surface area contributed by atoms with Crippen LogP contribution < -0.4 is 9.46 Å². The summed E-state index contributed by atoms with van der Waals surface area (Å²) in [4.78, 5) is 25.9. The van der Waals surface area contributed by atoms with Crippen LogP contribution in [0.5, 0.6) is 5.75 Å². The molecule has 34 heavy (non-hydrogen) atoms. The number of carbonyl (C=O) groups is 2. The highest BCUT2D eigenvalue weighted by Crippen LogP contribution is 2.33. The molecule has 2 aromatic carbocycles. The highest BCUT2D eigenvalue weighted by atomic mass is 32.2.